The maximum atomic E-state index is 10.7. The van der Waals surface area contributed by atoms with E-state index in [4.69, 9.17) is 10.7 Å². The van der Waals surface area contributed by atoms with E-state index in [2.05, 4.69) is 9.11 Å². The second kappa shape index (κ2) is 2.96. The fourth-order valence-electron chi connectivity index (χ4n) is 0.517. The molecule has 0 unspecified atom stereocenters. The molecule has 0 amide bonds. The third kappa shape index (κ3) is 1.82. The van der Waals surface area contributed by atoms with Crippen molar-refractivity contribution in [2.24, 2.45) is 0 Å². The van der Waals surface area contributed by atoms with Crippen LogP contribution >= 0.6 is 22.2 Å². The number of methoxy groups -OCH3 is 1. The summed E-state index contributed by atoms with van der Waals surface area (Å²) in [6, 6.07) is 0. The van der Waals surface area contributed by atoms with Gasteiger partial charge in [0.15, 0.2) is 4.90 Å². The average Bonchev–Trinajstić information content (AvgIpc) is 2.31. The Morgan fingerprint density at radius 2 is 2.36 bits per heavy atom. The van der Waals surface area contributed by atoms with Gasteiger partial charge in [0.2, 0.25) is 5.88 Å². The highest BCUT2D eigenvalue weighted by Crippen LogP contribution is 2.26. The van der Waals surface area contributed by atoms with Gasteiger partial charge in [-0.05, 0) is 11.5 Å². The first-order valence-electron chi connectivity index (χ1n) is 2.48. The fourth-order valence-corrected chi connectivity index (χ4v) is 2.54. The fraction of sp³-hybridized carbons (Fsp3) is 0.250. The Labute approximate surface area is 72.3 Å². The first-order chi connectivity index (χ1) is 5.05. The van der Waals surface area contributed by atoms with E-state index >= 15 is 0 Å². The Bertz CT molecular complexity index is 344. The van der Waals surface area contributed by atoms with E-state index in [0.717, 1.165) is 11.5 Å². The van der Waals surface area contributed by atoms with E-state index in [0.29, 0.717) is 0 Å². The van der Waals surface area contributed by atoms with E-state index in [9.17, 15) is 8.42 Å². The highest BCUT2D eigenvalue weighted by molar-refractivity contribution is 8.13. The van der Waals surface area contributed by atoms with Crippen LogP contribution in [-0.2, 0) is 9.05 Å². The van der Waals surface area contributed by atoms with Gasteiger partial charge in [0, 0.05) is 16.1 Å². The Kier molecular flexibility index (Phi) is 2.36. The van der Waals surface area contributed by atoms with Gasteiger partial charge in [0.25, 0.3) is 9.05 Å². The van der Waals surface area contributed by atoms with Crippen LogP contribution in [0.4, 0.5) is 0 Å². The molecule has 0 aliphatic rings. The standard InChI is InChI=1S/C4H4ClNO3S2/c1-9-4-3(2-10-6-4)11(5,7)8/h2H,1H3. The minimum atomic E-state index is -3.71. The lowest BCUT2D eigenvalue weighted by atomic mass is 10.7. The SMILES string of the molecule is COc1nscc1S(=O)(=O)Cl. The van der Waals surface area contributed by atoms with Crippen molar-refractivity contribution in [3.63, 3.8) is 0 Å². The van der Waals surface area contributed by atoms with Crippen molar-refractivity contribution in [2.45, 2.75) is 4.90 Å². The van der Waals surface area contributed by atoms with Gasteiger partial charge in [-0.3, -0.25) is 0 Å². The van der Waals surface area contributed by atoms with Gasteiger partial charge in [0.1, 0.15) is 0 Å². The summed E-state index contributed by atoms with van der Waals surface area (Å²) in [5.74, 6) is 0.0463. The first kappa shape index (κ1) is 8.76. The molecule has 0 aromatic carbocycles. The Balaban J connectivity index is 3.24. The lowest BCUT2D eigenvalue weighted by Gasteiger charge is -1.94. The molecule has 0 spiro atoms. The number of hydrogen-bond acceptors (Lipinski definition) is 5. The summed E-state index contributed by atoms with van der Waals surface area (Å²) < 4.78 is 29.8. The maximum absolute atomic E-state index is 10.7. The molecule has 0 fully saturated rings. The smallest absolute Gasteiger partial charge is 0.267 e. The zero-order chi connectivity index (χ0) is 8.48. The second-order valence-electron chi connectivity index (χ2n) is 1.63. The molecular weight excluding hydrogens is 210 g/mol. The van der Waals surface area contributed by atoms with Gasteiger partial charge >= 0.3 is 0 Å². The monoisotopic (exact) mass is 213 g/mol. The van der Waals surface area contributed by atoms with Crippen molar-refractivity contribution >= 4 is 31.3 Å². The van der Waals surface area contributed by atoms with Crippen LogP contribution in [0.3, 0.4) is 0 Å². The molecule has 0 aliphatic heterocycles. The molecule has 0 bridgehead atoms. The molecule has 1 rings (SSSR count). The van der Waals surface area contributed by atoms with Crippen molar-refractivity contribution in [1.82, 2.24) is 4.37 Å². The summed E-state index contributed by atoms with van der Waals surface area (Å²) in [5.41, 5.74) is 0. The van der Waals surface area contributed by atoms with E-state index in [1.54, 1.807) is 0 Å². The minimum absolute atomic E-state index is 0.0463. The van der Waals surface area contributed by atoms with Gasteiger partial charge in [0.05, 0.1) is 7.11 Å². The molecule has 0 N–H and O–H groups in total. The molecule has 62 valence electrons. The molecule has 0 radical (unpaired) electrons. The van der Waals surface area contributed by atoms with Crippen LogP contribution in [-0.4, -0.2) is 19.9 Å². The Morgan fingerprint density at radius 1 is 1.73 bits per heavy atom. The van der Waals surface area contributed by atoms with Crippen LogP contribution < -0.4 is 4.74 Å². The maximum Gasteiger partial charge on any atom is 0.267 e. The predicted molar refractivity (Wildman–Crippen MR) is 41.7 cm³/mol. The molecule has 0 aliphatic carbocycles. The molecule has 4 nitrogen and oxygen atoms in total. The summed E-state index contributed by atoms with van der Waals surface area (Å²) in [7, 11) is 2.67. The Morgan fingerprint density at radius 3 is 2.73 bits per heavy atom. The molecule has 7 heteroatoms. The summed E-state index contributed by atoms with van der Waals surface area (Å²) >= 11 is 0.979. The van der Waals surface area contributed by atoms with Crippen LogP contribution in [0.2, 0.25) is 0 Å². The van der Waals surface area contributed by atoms with Crippen molar-refractivity contribution in [3.8, 4) is 5.88 Å². The topological polar surface area (TPSA) is 56.3 Å². The predicted octanol–water partition coefficient (Wildman–Crippen LogP) is 1.08. The number of ether oxygens (including phenoxy) is 1. The summed E-state index contributed by atoms with van der Waals surface area (Å²) in [6.45, 7) is 0. The molecule has 1 aromatic rings. The zero-order valence-corrected chi connectivity index (χ0v) is 7.83. The quantitative estimate of drug-likeness (QED) is 0.690. The largest absolute Gasteiger partial charge is 0.479 e. The summed E-state index contributed by atoms with van der Waals surface area (Å²) in [5, 5.41) is 1.32. The van der Waals surface area contributed by atoms with E-state index in [1.807, 2.05) is 0 Å². The van der Waals surface area contributed by atoms with Gasteiger partial charge in [-0.2, -0.15) is 4.37 Å². The highest BCUT2D eigenvalue weighted by Gasteiger charge is 2.18. The molecule has 1 heterocycles. The molecular formula is C4H4ClNO3S2. The van der Waals surface area contributed by atoms with Crippen molar-refractivity contribution < 1.29 is 13.2 Å². The van der Waals surface area contributed by atoms with Gasteiger partial charge in [-0.25, -0.2) is 8.42 Å². The Hall–Kier alpha value is -0.330. The number of rotatable bonds is 2. The summed E-state index contributed by atoms with van der Waals surface area (Å²) in [4.78, 5) is -0.0772. The van der Waals surface area contributed by atoms with Crippen molar-refractivity contribution in [2.75, 3.05) is 7.11 Å². The van der Waals surface area contributed by atoms with Gasteiger partial charge in [-0.1, -0.05) is 0 Å². The number of halogens is 1. The van der Waals surface area contributed by atoms with Crippen molar-refractivity contribution in [3.05, 3.63) is 5.38 Å². The molecule has 1 aromatic heterocycles. The van der Waals surface area contributed by atoms with E-state index < -0.39 is 9.05 Å². The molecule has 0 atom stereocenters. The molecule has 0 saturated carbocycles. The lowest BCUT2D eigenvalue weighted by Crippen LogP contribution is -1.92. The molecule has 11 heavy (non-hydrogen) atoms. The van der Waals surface area contributed by atoms with Crippen LogP contribution in [0.1, 0.15) is 0 Å². The van der Waals surface area contributed by atoms with Crippen LogP contribution in [0.25, 0.3) is 0 Å². The van der Waals surface area contributed by atoms with Crippen molar-refractivity contribution in [1.29, 1.82) is 0 Å². The van der Waals surface area contributed by atoms with E-state index in [-0.39, 0.29) is 10.8 Å². The third-order valence-corrected chi connectivity index (χ3v) is 3.04. The average molecular weight is 214 g/mol. The second-order valence-corrected chi connectivity index (χ2v) is 4.79. The summed E-state index contributed by atoms with van der Waals surface area (Å²) in [6.07, 6.45) is 0. The van der Waals surface area contributed by atoms with Gasteiger partial charge in [-0.15, -0.1) is 0 Å². The van der Waals surface area contributed by atoms with Crippen LogP contribution in [0.5, 0.6) is 5.88 Å². The van der Waals surface area contributed by atoms with Crippen LogP contribution in [0, 0.1) is 0 Å². The minimum Gasteiger partial charge on any atom is -0.479 e. The number of hydrogen-bond donors (Lipinski definition) is 0. The highest BCUT2D eigenvalue weighted by atomic mass is 35.7. The first-order valence-corrected chi connectivity index (χ1v) is 5.63. The number of nitrogens with zero attached hydrogens (tertiary/aromatic N) is 1. The molecule has 0 saturated heterocycles. The number of aromatic nitrogens is 1. The van der Waals surface area contributed by atoms with Gasteiger partial charge < -0.3 is 4.74 Å². The lowest BCUT2D eigenvalue weighted by molar-refractivity contribution is 0.391. The van der Waals surface area contributed by atoms with Crippen LogP contribution in [0.15, 0.2) is 10.3 Å². The normalized spacial score (nSPS) is 11.5. The third-order valence-electron chi connectivity index (χ3n) is 0.962. The van der Waals surface area contributed by atoms with E-state index in [1.165, 1.54) is 12.5 Å². The zero-order valence-electron chi connectivity index (χ0n) is 5.44.